The van der Waals surface area contributed by atoms with Crippen molar-refractivity contribution in [2.24, 2.45) is 0 Å². The Balaban J connectivity index is 1.64. The van der Waals surface area contributed by atoms with Gasteiger partial charge in [-0.2, -0.15) is 0 Å². The molecule has 7 nitrogen and oxygen atoms in total. The summed E-state index contributed by atoms with van der Waals surface area (Å²) in [6.07, 6.45) is 3.87. The predicted molar refractivity (Wildman–Crippen MR) is 100 cm³/mol. The van der Waals surface area contributed by atoms with Crippen molar-refractivity contribution in [1.82, 2.24) is 19.3 Å². The van der Waals surface area contributed by atoms with Crippen molar-refractivity contribution < 1.29 is 10.9 Å². The zero-order valence-electron chi connectivity index (χ0n) is 14.9. The molecule has 0 spiro atoms. The fraction of sp³-hybridized carbons (Fsp3) is 0.278. The molecule has 2 N–H and O–H groups in total. The molecule has 2 aromatic heterocycles. The van der Waals surface area contributed by atoms with Gasteiger partial charge in [-0.25, -0.2) is 14.8 Å². The number of imidazole rings is 1. The topological polar surface area (TPSA) is 85.8 Å². The number of anilines is 1. The maximum absolute atomic E-state index is 12.7. The van der Waals surface area contributed by atoms with E-state index < -0.39 is 12.1 Å². The molecule has 0 radical (unpaired) electrons. The number of ether oxygens (including phenoxy) is 1. The Bertz CT molecular complexity index is 996. The summed E-state index contributed by atoms with van der Waals surface area (Å²) in [6.45, 7) is 0.597. The van der Waals surface area contributed by atoms with Crippen LogP contribution in [-0.4, -0.2) is 31.9 Å². The van der Waals surface area contributed by atoms with Crippen LogP contribution < -0.4 is 5.73 Å². The lowest BCUT2D eigenvalue weighted by atomic mass is 10.2. The SMILES string of the molecule is [2H][C@@]1(c2nc(Br)c3c(N)nccn23)CCCN1C(=O)OCc1ccccc1. The highest BCUT2D eigenvalue weighted by molar-refractivity contribution is 9.10. The van der Waals surface area contributed by atoms with Gasteiger partial charge in [0.15, 0.2) is 5.82 Å². The fourth-order valence-electron chi connectivity index (χ4n) is 3.13. The number of hydrogen-bond donors (Lipinski definition) is 1. The first-order chi connectivity index (χ1) is 13.0. The maximum atomic E-state index is 12.7. The van der Waals surface area contributed by atoms with Crippen LogP contribution in [0.1, 0.15) is 31.6 Å². The Labute approximate surface area is 160 Å². The van der Waals surface area contributed by atoms with Crippen LogP contribution in [0.2, 0.25) is 0 Å². The van der Waals surface area contributed by atoms with E-state index in [1.54, 1.807) is 16.8 Å². The molecule has 3 heterocycles. The molecule has 1 fully saturated rings. The van der Waals surface area contributed by atoms with E-state index in [9.17, 15) is 4.79 Å². The van der Waals surface area contributed by atoms with Gasteiger partial charge in [-0.1, -0.05) is 30.3 Å². The summed E-state index contributed by atoms with van der Waals surface area (Å²) in [5.74, 6) is 0.718. The van der Waals surface area contributed by atoms with Crippen molar-refractivity contribution in [2.45, 2.75) is 25.5 Å². The van der Waals surface area contributed by atoms with Crippen LogP contribution in [0.15, 0.2) is 47.3 Å². The Morgan fingerprint density at radius 2 is 2.23 bits per heavy atom. The van der Waals surface area contributed by atoms with Gasteiger partial charge in [0.25, 0.3) is 0 Å². The van der Waals surface area contributed by atoms with Gasteiger partial charge in [0.2, 0.25) is 0 Å². The maximum Gasteiger partial charge on any atom is 0.410 e. The summed E-state index contributed by atoms with van der Waals surface area (Å²) in [6, 6.07) is 8.13. The average molecular weight is 417 g/mol. The molecule has 0 saturated carbocycles. The molecule has 0 bridgehead atoms. The third-order valence-electron chi connectivity index (χ3n) is 4.35. The van der Waals surface area contributed by atoms with Crippen LogP contribution in [0.25, 0.3) is 5.52 Å². The monoisotopic (exact) mass is 416 g/mol. The second-order valence-electron chi connectivity index (χ2n) is 6.00. The normalized spacial score (nSPS) is 20.3. The van der Waals surface area contributed by atoms with Crippen LogP contribution >= 0.6 is 15.9 Å². The van der Waals surface area contributed by atoms with E-state index in [-0.39, 0.29) is 6.61 Å². The van der Waals surface area contributed by atoms with Crippen LogP contribution in [-0.2, 0) is 11.3 Å². The number of aromatic nitrogens is 3. The fourth-order valence-corrected chi connectivity index (χ4v) is 3.69. The lowest BCUT2D eigenvalue weighted by Crippen LogP contribution is -2.32. The average Bonchev–Trinajstić information content (AvgIpc) is 3.23. The van der Waals surface area contributed by atoms with Gasteiger partial charge < -0.3 is 10.5 Å². The standard InChI is InChI=1S/C18H18BrN5O2/c19-15-14-16(20)21-8-10-24(14)17(22-15)13-7-4-9-23(13)18(25)26-11-12-5-2-1-3-6-12/h1-3,5-6,8,10,13H,4,7,9,11H2,(H2,20,21)/t13-/m0/s1/i13D. The van der Waals surface area contributed by atoms with Gasteiger partial charge in [0, 0.05) is 18.9 Å². The van der Waals surface area contributed by atoms with Gasteiger partial charge in [-0.05, 0) is 34.3 Å². The summed E-state index contributed by atoms with van der Waals surface area (Å²) in [7, 11) is 0. The van der Waals surface area contributed by atoms with Crippen LogP contribution in [0, 0.1) is 0 Å². The molecular weight excluding hydrogens is 398 g/mol. The number of fused-ring (bicyclic) bond motifs is 1. The molecule has 26 heavy (non-hydrogen) atoms. The molecule has 3 aromatic rings. The third kappa shape index (κ3) is 3.01. The van der Waals surface area contributed by atoms with E-state index in [1.165, 1.54) is 4.90 Å². The summed E-state index contributed by atoms with van der Waals surface area (Å²) in [5, 5.41) is 0. The second-order valence-corrected chi connectivity index (χ2v) is 6.75. The van der Waals surface area contributed by atoms with Crippen molar-refractivity contribution in [3.05, 3.63) is 58.7 Å². The molecule has 1 amide bonds. The number of carbonyl (C=O) groups is 1. The number of nitrogens with two attached hydrogens (primary N) is 1. The Hall–Kier alpha value is -2.61. The number of carbonyl (C=O) groups excluding carboxylic acids is 1. The van der Waals surface area contributed by atoms with Crippen molar-refractivity contribution in [1.29, 1.82) is 0 Å². The number of rotatable bonds is 3. The smallest absolute Gasteiger partial charge is 0.410 e. The number of benzene rings is 1. The Morgan fingerprint density at radius 3 is 3.04 bits per heavy atom. The van der Waals surface area contributed by atoms with Crippen molar-refractivity contribution in [3.63, 3.8) is 0 Å². The number of nitrogen functional groups attached to an aromatic ring is 1. The molecule has 1 aliphatic rings. The second kappa shape index (κ2) is 6.95. The lowest BCUT2D eigenvalue weighted by molar-refractivity contribution is 0.0908. The summed E-state index contributed by atoms with van der Waals surface area (Å²) >= 11 is 3.39. The summed E-state index contributed by atoms with van der Waals surface area (Å²) in [5.41, 5.74) is 7.43. The molecule has 1 aromatic carbocycles. The van der Waals surface area contributed by atoms with Gasteiger partial charge in [0.05, 0.1) is 7.39 Å². The number of nitrogens with zero attached hydrogens (tertiary/aromatic N) is 4. The highest BCUT2D eigenvalue weighted by atomic mass is 79.9. The number of hydrogen-bond acceptors (Lipinski definition) is 5. The molecule has 1 saturated heterocycles. The lowest BCUT2D eigenvalue weighted by Gasteiger charge is -2.23. The quantitative estimate of drug-likeness (QED) is 0.705. The molecule has 4 rings (SSSR count). The highest BCUT2D eigenvalue weighted by Gasteiger charge is 2.34. The van der Waals surface area contributed by atoms with E-state index >= 15 is 0 Å². The minimum absolute atomic E-state index is 0.162. The minimum Gasteiger partial charge on any atom is -0.445 e. The van der Waals surface area contributed by atoms with E-state index in [1.807, 2.05) is 30.3 Å². The molecule has 0 unspecified atom stereocenters. The van der Waals surface area contributed by atoms with Crippen molar-refractivity contribution in [3.8, 4) is 0 Å². The highest BCUT2D eigenvalue weighted by Crippen LogP contribution is 2.35. The first-order valence-corrected chi connectivity index (χ1v) is 9.07. The number of amides is 1. The molecular formula is C18H18BrN5O2. The molecule has 0 aliphatic carbocycles. The first kappa shape index (κ1) is 15.6. The molecule has 134 valence electrons. The predicted octanol–water partition coefficient (Wildman–Crippen LogP) is 3.55. The Morgan fingerprint density at radius 1 is 1.42 bits per heavy atom. The largest absolute Gasteiger partial charge is 0.445 e. The molecule has 8 heteroatoms. The van der Waals surface area contributed by atoms with Crippen molar-refractivity contribution >= 4 is 33.4 Å². The van der Waals surface area contributed by atoms with E-state index in [4.69, 9.17) is 11.8 Å². The van der Waals surface area contributed by atoms with Gasteiger partial charge in [0.1, 0.15) is 22.6 Å². The number of likely N-dealkylation sites (tertiary alicyclic amines) is 1. The third-order valence-corrected chi connectivity index (χ3v) is 4.90. The van der Waals surface area contributed by atoms with Gasteiger partial charge >= 0.3 is 6.09 Å². The van der Waals surface area contributed by atoms with Crippen molar-refractivity contribution in [2.75, 3.05) is 12.3 Å². The molecule has 1 aliphatic heterocycles. The van der Waals surface area contributed by atoms with E-state index in [0.29, 0.717) is 41.1 Å². The Kier molecular flexibility index (Phi) is 4.18. The van der Waals surface area contributed by atoms with Gasteiger partial charge in [-0.15, -0.1) is 0 Å². The van der Waals surface area contributed by atoms with Crippen LogP contribution in [0.3, 0.4) is 0 Å². The number of halogens is 1. The van der Waals surface area contributed by atoms with E-state index in [0.717, 1.165) is 5.56 Å². The first-order valence-electron chi connectivity index (χ1n) is 8.77. The van der Waals surface area contributed by atoms with E-state index in [2.05, 4.69) is 25.9 Å². The van der Waals surface area contributed by atoms with Crippen LogP contribution in [0.4, 0.5) is 10.6 Å². The summed E-state index contributed by atoms with van der Waals surface area (Å²) < 4.78 is 16.7. The zero-order chi connectivity index (χ0) is 19.0. The minimum atomic E-state index is -1.34. The zero-order valence-corrected chi connectivity index (χ0v) is 15.5. The summed E-state index contributed by atoms with van der Waals surface area (Å²) in [4.78, 5) is 22.7. The van der Waals surface area contributed by atoms with Crippen LogP contribution in [0.5, 0.6) is 0 Å². The molecule has 1 atom stereocenters. The van der Waals surface area contributed by atoms with Gasteiger partial charge in [-0.3, -0.25) is 9.30 Å².